The number of fused-ring (bicyclic) bond motifs is 1. The highest BCUT2D eigenvalue weighted by Gasteiger charge is 2.34. The van der Waals surface area contributed by atoms with Crippen LogP contribution in [0.25, 0.3) is 10.9 Å². The third-order valence-corrected chi connectivity index (χ3v) is 6.37. The Bertz CT molecular complexity index is 1500. The van der Waals surface area contributed by atoms with Gasteiger partial charge in [-0.1, -0.05) is 28.9 Å². The van der Waals surface area contributed by atoms with Crippen molar-refractivity contribution in [2.45, 2.75) is 50.6 Å². The van der Waals surface area contributed by atoms with Crippen molar-refractivity contribution in [3.05, 3.63) is 76.5 Å². The highest BCUT2D eigenvalue weighted by atomic mass is 35.5. The summed E-state index contributed by atoms with van der Waals surface area (Å²) < 4.78 is 15.6. The summed E-state index contributed by atoms with van der Waals surface area (Å²) in [5, 5.41) is 22.7. The van der Waals surface area contributed by atoms with E-state index in [2.05, 4.69) is 37.5 Å². The number of nitrogens with one attached hydrogen (secondary N) is 3. The molecule has 37 heavy (non-hydrogen) atoms. The van der Waals surface area contributed by atoms with Crippen molar-refractivity contribution >= 4 is 41.7 Å². The maximum absolute atomic E-state index is 13.8. The average molecular weight is 515 g/mol. The third-order valence-electron chi connectivity index (χ3n) is 6.08. The molecule has 0 saturated heterocycles. The fraction of sp³-hybridized carbons (Fsp3) is 0.308. The number of nitrogens with zero attached hydrogens (tertiary/aromatic N) is 5. The number of hydrazine groups is 1. The van der Waals surface area contributed by atoms with Crippen LogP contribution in [0.5, 0.6) is 0 Å². The average Bonchev–Trinajstić information content (AvgIpc) is 3.58. The number of anilines is 2. The Morgan fingerprint density at radius 1 is 1.19 bits per heavy atom. The van der Waals surface area contributed by atoms with E-state index in [4.69, 9.17) is 19.4 Å². The van der Waals surface area contributed by atoms with Crippen LogP contribution in [0.3, 0.4) is 0 Å². The molecule has 0 bridgehead atoms. The minimum absolute atomic E-state index is 0.273. The molecule has 5 rings (SSSR count). The van der Waals surface area contributed by atoms with Crippen LogP contribution in [0.1, 0.15) is 56.5 Å². The van der Waals surface area contributed by atoms with E-state index in [1.54, 1.807) is 22.9 Å². The van der Waals surface area contributed by atoms with Crippen LogP contribution in [0.4, 0.5) is 15.8 Å². The third kappa shape index (κ3) is 5.10. The van der Waals surface area contributed by atoms with Crippen LogP contribution in [-0.4, -0.2) is 33.4 Å². The Balaban J connectivity index is 1.62. The second-order valence-corrected chi connectivity index (χ2v) is 10.7. The number of rotatable bonds is 7. The van der Waals surface area contributed by atoms with Crippen LogP contribution in [0.15, 0.2) is 48.8 Å². The van der Waals surface area contributed by atoms with Crippen molar-refractivity contribution < 1.29 is 4.39 Å². The topological polar surface area (TPSA) is 103 Å². The van der Waals surface area contributed by atoms with Gasteiger partial charge in [0, 0.05) is 22.8 Å². The SMILES string of the molecule is [B]C(Nc1cc(Cl)c2ncc(C#N)c(NNC(C)(C)C)c2c1)(c1ccc(F)cc1)c1cn(C2CC2)nn1. The molecular weight excluding hydrogens is 490 g/mol. The van der Waals surface area contributed by atoms with E-state index in [0.29, 0.717) is 50.2 Å². The van der Waals surface area contributed by atoms with Crippen LogP contribution >= 0.6 is 11.6 Å². The van der Waals surface area contributed by atoms with Gasteiger partial charge in [0.1, 0.15) is 25.4 Å². The van der Waals surface area contributed by atoms with E-state index in [-0.39, 0.29) is 11.4 Å². The molecule has 8 nitrogen and oxygen atoms in total. The van der Waals surface area contributed by atoms with Crippen molar-refractivity contribution in [1.82, 2.24) is 25.4 Å². The number of nitriles is 1. The molecule has 1 atom stereocenters. The maximum Gasteiger partial charge on any atom is 0.123 e. The van der Waals surface area contributed by atoms with E-state index >= 15 is 0 Å². The van der Waals surface area contributed by atoms with Crippen molar-refractivity contribution in [3.8, 4) is 6.07 Å². The summed E-state index contributed by atoms with van der Waals surface area (Å²) >= 11 is 6.66. The summed E-state index contributed by atoms with van der Waals surface area (Å²) in [5.41, 5.74) is 7.75. The molecule has 186 valence electrons. The molecule has 2 radical (unpaired) electrons. The molecule has 2 aromatic carbocycles. The van der Waals surface area contributed by atoms with Crippen LogP contribution < -0.4 is 16.2 Å². The van der Waals surface area contributed by atoms with E-state index in [1.807, 2.05) is 33.0 Å². The zero-order chi connectivity index (χ0) is 26.4. The van der Waals surface area contributed by atoms with Crippen LogP contribution in [-0.2, 0) is 5.44 Å². The van der Waals surface area contributed by atoms with E-state index in [9.17, 15) is 9.65 Å². The first kappa shape index (κ1) is 25.0. The highest BCUT2D eigenvalue weighted by molar-refractivity contribution is 6.36. The Morgan fingerprint density at radius 2 is 1.92 bits per heavy atom. The number of hydrogen-bond donors (Lipinski definition) is 3. The first-order valence-corrected chi connectivity index (χ1v) is 12.3. The van der Waals surface area contributed by atoms with Crippen molar-refractivity contribution in [3.63, 3.8) is 0 Å². The van der Waals surface area contributed by atoms with E-state index in [1.165, 1.54) is 18.3 Å². The molecule has 4 aromatic rings. The Morgan fingerprint density at radius 3 is 2.57 bits per heavy atom. The number of halogens is 2. The minimum Gasteiger partial charge on any atom is -0.378 e. The molecule has 2 heterocycles. The molecule has 1 unspecified atom stereocenters. The van der Waals surface area contributed by atoms with Gasteiger partial charge >= 0.3 is 0 Å². The Labute approximate surface area is 220 Å². The normalized spacial score (nSPS) is 15.2. The number of benzene rings is 2. The molecular formula is C26H25BClFN8. The summed E-state index contributed by atoms with van der Waals surface area (Å²) in [7, 11) is 6.97. The Hall–Kier alpha value is -3.68. The molecule has 2 aromatic heterocycles. The van der Waals surface area contributed by atoms with E-state index in [0.717, 1.165) is 12.8 Å². The second-order valence-electron chi connectivity index (χ2n) is 10.3. The van der Waals surface area contributed by atoms with Gasteiger partial charge in [0.05, 0.1) is 39.5 Å². The second kappa shape index (κ2) is 9.32. The van der Waals surface area contributed by atoms with Gasteiger partial charge in [0.25, 0.3) is 0 Å². The summed E-state index contributed by atoms with van der Waals surface area (Å²) in [5.74, 6) is -0.376. The summed E-state index contributed by atoms with van der Waals surface area (Å²) in [4.78, 5) is 4.40. The predicted molar refractivity (Wildman–Crippen MR) is 143 cm³/mol. The van der Waals surface area contributed by atoms with Gasteiger partial charge in [-0.05, 0) is 63.4 Å². The lowest BCUT2D eigenvalue weighted by molar-refractivity contribution is 0.466. The zero-order valence-corrected chi connectivity index (χ0v) is 21.4. The standard InChI is InChI=1S/C26H25BClFN8/c1-25(2,3)35-34-23-15(12-30)13-31-24-20(23)10-18(11-21(24)28)32-26(27,16-4-6-17(29)7-5-16)22-14-37(36-33-22)19-8-9-19/h4-7,10-11,13-14,19,32,35H,8-9H2,1-3H3,(H,31,34). The number of hydrogen-bond acceptors (Lipinski definition) is 7. The van der Waals surface area contributed by atoms with E-state index < -0.39 is 5.44 Å². The van der Waals surface area contributed by atoms with Gasteiger partial charge < -0.3 is 10.7 Å². The summed E-state index contributed by atoms with van der Waals surface area (Å²) in [6.07, 6.45) is 5.37. The molecule has 3 N–H and O–H groups in total. The lowest BCUT2D eigenvalue weighted by atomic mass is 9.69. The van der Waals surface area contributed by atoms with Gasteiger partial charge in [-0.2, -0.15) is 5.26 Å². The molecule has 11 heteroatoms. The Kier molecular flexibility index (Phi) is 6.30. The number of pyridine rings is 1. The maximum atomic E-state index is 13.8. The first-order chi connectivity index (χ1) is 17.6. The van der Waals surface area contributed by atoms with Crippen molar-refractivity contribution in [2.24, 2.45) is 0 Å². The largest absolute Gasteiger partial charge is 0.378 e. The molecule has 1 aliphatic carbocycles. The van der Waals surface area contributed by atoms with Gasteiger partial charge in [0.15, 0.2) is 0 Å². The van der Waals surface area contributed by atoms with Crippen LogP contribution in [0, 0.1) is 17.1 Å². The molecule has 0 aliphatic heterocycles. The first-order valence-electron chi connectivity index (χ1n) is 11.9. The van der Waals surface area contributed by atoms with Gasteiger partial charge in [-0.15, -0.1) is 5.10 Å². The lowest BCUT2D eigenvalue weighted by Gasteiger charge is -2.32. The summed E-state index contributed by atoms with van der Waals surface area (Å²) in [6, 6.07) is 11.9. The molecule has 0 spiro atoms. The summed E-state index contributed by atoms with van der Waals surface area (Å²) in [6.45, 7) is 5.99. The highest BCUT2D eigenvalue weighted by Crippen LogP contribution is 2.38. The van der Waals surface area contributed by atoms with Crippen molar-refractivity contribution in [1.29, 1.82) is 5.26 Å². The lowest BCUT2D eigenvalue weighted by Crippen LogP contribution is -2.40. The predicted octanol–water partition coefficient (Wildman–Crippen LogP) is 5.02. The number of aromatic nitrogens is 4. The van der Waals surface area contributed by atoms with Crippen LogP contribution in [0.2, 0.25) is 5.02 Å². The van der Waals surface area contributed by atoms with Gasteiger partial charge in [0.2, 0.25) is 0 Å². The van der Waals surface area contributed by atoms with Gasteiger partial charge in [-0.3, -0.25) is 4.98 Å². The fourth-order valence-corrected chi connectivity index (χ4v) is 4.27. The van der Waals surface area contributed by atoms with Gasteiger partial charge in [-0.25, -0.2) is 14.5 Å². The smallest absolute Gasteiger partial charge is 0.123 e. The molecule has 1 fully saturated rings. The quantitative estimate of drug-likeness (QED) is 0.235. The molecule has 1 aliphatic rings. The minimum atomic E-state index is -1.35. The monoisotopic (exact) mass is 514 g/mol. The zero-order valence-electron chi connectivity index (χ0n) is 20.7. The molecule has 1 saturated carbocycles. The molecule has 0 amide bonds. The fourth-order valence-electron chi connectivity index (χ4n) is 4.00. The van der Waals surface area contributed by atoms with Crippen molar-refractivity contribution in [2.75, 3.05) is 10.7 Å².